The van der Waals surface area contributed by atoms with Gasteiger partial charge in [0.1, 0.15) is 16.5 Å². The van der Waals surface area contributed by atoms with Crippen molar-refractivity contribution in [1.82, 2.24) is 19.4 Å². The smallest absolute Gasteiger partial charge is 0.153 e. The van der Waals surface area contributed by atoms with Crippen LogP contribution in [0.2, 0.25) is 5.15 Å². The summed E-state index contributed by atoms with van der Waals surface area (Å²) in [5.74, 6) is 2.07. The van der Waals surface area contributed by atoms with E-state index in [4.69, 9.17) is 11.6 Å². The minimum atomic E-state index is 0.319. The summed E-state index contributed by atoms with van der Waals surface area (Å²) in [4.78, 5) is 12.3. The summed E-state index contributed by atoms with van der Waals surface area (Å²) in [6.45, 7) is 5.01. The van der Waals surface area contributed by atoms with Crippen LogP contribution in [0.25, 0.3) is 16.4 Å². The van der Waals surface area contributed by atoms with Crippen LogP contribution in [0, 0.1) is 0 Å². The summed E-state index contributed by atoms with van der Waals surface area (Å²) in [6, 6.07) is 8.34. The van der Waals surface area contributed by atoms with Crippen LogP contribution in [-0.2, 0) is 6.42 Å². The molecule has 25 heavy (non-hydrogen) atoms. The van der Waals surface area contributed by atoms with Crippen molar-refractivity contribution in [2.45, 2.75) is 26.2 Å². The third kappa shape index (κ3) is 2.96. The molecule has 0 saturated carbocycles. The summed E-state index contributed by atoms with van der Waals surface area (Å²) < 4.78 is 2.02. The molecular formula is C19H20ClN5. The highest BCUT2D eigenvalue weighted by molar-refractivity contribution is 6.29. The maximum absolute atomic E-state index is 6.21. The van der Waals surface area contributed by atoms with E-state index in [1.54, 1.807) is 0 Å². The predicted molar refractivity (Wildman–Crippen MR) is 103 cm³/mol. The molecule has 3 heterocycles. The molecule has 0 fully saturated rings. The topological polar surface area (TPSA) is 58.0 Å². The zero-order valence-electron chi connectivity index (χ0n) is 14.3. The van der Waals surface area contributed by atoms with Gasteiger partial charge < -0.3 is 10.3 Å². The normalized spacial score (nSPS) is 11.7. The van der Waals surface area contributed by atoms with E-state index in [2.05, 4.69) is 58.5 Å². The second-order valence-electron chi connectivity index (χ2n) is 6.47. The van der Waals surface area contributed by atoms with Gasteiger partial charge >= 0.3 is 0 Å². The first-order chi connectivity index (χ1) is 12.1. The van der Waals surface area contributed by atoms with Crippen LogP contribution in [0.4, 0.5) is 5.82 Å². The van der Waals surface area contributed by atoms with Gasteiger partial charge in [0.15, 0.2) is 5.82 Å². The average molecular weight is 354 g/mol. The third-order valence-electron chi connectivity index (χ3n) is 4.40. The number of hydrogen-bond donors (Lipinski definition) is 2. The van der Waals surface area contributed by atoms with Gasteiger partial charge in [-0.15, -0.1) is 0 Å². The van der Waals surface area contributed by atoms with Crippen molar-refractivity contribution in [3.63, 3.8) is 0 Å². The fourth-order valence-corrected chi connectivity index (χ4v) is 3.38. The zero-order valence-corrected chi connectivity index (χ0v) is 15.0. The Bertz CT molecular complexity index is 1030. The highest BCUT2D eigenvalue weighted by atomic mass is 35.5. The molecule has 0 bridgehead atoms. The largest absolute Gasteiger partial charge is 0.368 e. The van der Waals surface area contributed by atoms with E-state index in [-0.39, 0.29) is 0 Å². The molecule has 128 valence electrons. The van der Waals surface area contributed by atoms with Crippen LogP contribution in [0.1, 0.15) is 31.2 Å². The van der Waals surface area contributed by atoms with E-state index in [0.717, 1.165) is 35.6 Å². The molecule has 4 rings (SSSR count). The zero-order chi connectivity index (χ0) is 17.4. The summed E-state index contributed by atoms with van der Waals surface area (Å²) in [7, 11) is 0. The molecule has 4 aromatic rings. The Morgan fingerprint density at radius 2 is 2.12 bits per heavy atom. The Morgan fingerprint density at radius 1 is 1.28 bits per heavy atom. The summed E-state index contributed by atoms with van der Waals surface area (Å²) in [5.41, 5.74) is 3.41. The molecule has 0 aliphatic carbocycles. The van der Waals surface area contributed by atoms with Gasteiger partial charge in [-0.1, -0.05) is 43.6 Å². The fraction of sp³-hybridized carbons (Fsp3) is 0.263. The Hall–Kier alpha value is -2.53. The van der Waals surface area contributed by atoms with Crippen LogP contribution < -0.4 is 5.32 Å². The predicted octanol–water partition coefficient (Wildman–Crippen LogP) is 4.64. The number of rotatable bonds is 5. The number of aromatic amines is 1. The van der Waals surface area contributed by atoms with E-state index in [1.807, 2.05) is 22.9 Å². The number of anilines is 1. The maximum Gasteiger partial charge on any atom is 0.153 e. The van der Waals surface area contributed by atoms with Gasteiger partial charge in [0, 0.05) is 35.8 Å². The highest BCUT2D eigenvalue weighted by Crippen LogP contribution is 2.23. The molecule has 0 spiro atoms. The number of benzene rings is 1. The van der Waals surface area contributed by atoms with Gasteiger partial charge in [0.2, 0.25) is 0 Å². The van der Waals surface area contributed by atoms with E-state index in [9.17, 15) is 0 Å². The monoisotopic (exact) mass is 353 g/mol. The highest BCUT2D eigenvalue weighted by Gasteiger charge is 2.13. The lowest BCUT2D eigenvalue weighted by atomic mass is 10.1. The van der Waals surface area contributed by atoms with Crippen molar-refractivity contribution < 1.29 is 0 Å². The first kappa shape index (κ1) is 16.0. The average Bonchev–Trinajstić information content (AvgIpc) is 3.19. The molecule has 0 amide bonds. The summed E-state index contributed by atoms with van der Waals surface area (Å²) in [5, 5.41) is 5.14. The molecule has 0 aliphatic rings. The number of imidazole rings is 1. The standard InChI is InChI=1S/C19H20ClN5/c1-12(2)19-23-10-16-18(24-17(20)11-25(16)19)21-8-7-13-9-22-15-6-4-3-5-14(13)15/h3-6,9-12,22H,7-8H2,1-2H3,(H,21,24). The number of para-hydroxylation sites is 1. The fourth-order valence-electron chi connectivity index (χ4n) is 3.20. The minimum absolute atomic E-state index is 0.319. The number of halogens is 1. The van der Waals surface area contributed by atoms with Crippen LogP contribution in [-0.4, -0.2) is 25.9 Å². The van der Waals surface area contributed by atoms with Gasteiger partial charge in [-0.2, -0.15) is 0 Å². The lowest BCUT2D eigenvalue weighted by molar-refractivity contribution is 0.769. The Kier molecular flexibility index (Phi) is 4.09. The van der Waals surface area contributed by atoms with Crippen molar-refractivity contribution in [2.24, 2.45) is 0 Å². The molecular weight excluding hydrogens is 334 g/mol. The number of nitrogens with one attached hydrogen (secondary N) is 2. The van der Waals surface area contributed by atoms with Crippen molar-refractivity contribution in [2.75, 3.05) is 11.9 Å². The Morgan fingerprint density at radius 3 is 2.96 bits per heavy atom. The molecule has 1 aromatic carbocycles. The molecule has 5 nitrogen and oxygen atoms in total. The van der Waals surface area contributed by atoms with Crippen molar-refractivity contribution in [1.29, 1.82) is 0 Å². The molecule has 0 radical (unpaired) electrons. The van der Waals surface area contributed by atoms with E-state index < -0.39 is 0 Å². The first-order valence-corrected chi connectivity index (χ1v) is 8.83. The third-order valence-corrected chi connectivity index (χ3v) is 4.58. The molecule has 3 aromatic heterocycles. The molecule has 0 aliphatic heterocycles. The number of H-pyrrole nitrogens is 1. The number of aromatic nitrogens is 4. The van der Waals surface area contributed by atoms with Crippen molar-refractivity contribution in [3.05, 3.63) is 59.4 Å². The minimum Gasteiger partial charge on any atom is -0.368 e. The van der Waals surface area contributed by atoms with Gasteiger partial charge in [-0.05, 0) is 18.1 Å². The molecule has 2 N–H and O–H groups in total. The lowest BCUT2D eigenvalue weighted by Crippen LogP contribution is -2.08. The molecule has 0 atom stereocenters. The van der Waals surface area contributed by atoms with Crippen LogP contribution >= 0.6 is 11.6 Å². The van der Waals surface area contributed by atoms with Crippen LogP contribution in [0.15, 0.2) is 42.9 Å². The molecule has 0 saturated heterocycles. The number of nitrogens with zero attached hydrogens (tertiary/aromatic N) is 3. The van der Waals surface area contributed by atoms with Gasteiger partial charge in [0.25, 0.3) is 0 Å². The van der Waals surface area contributed by atoms with E-state index in [0.29, 0.717) is 11.1 Å². The van der Waals surface area contributed by atoms with Crippen molar-refractivity contribution in [3.8, 4) is 0 Å². The van der Waals surface area contributed by atoms with E-state index >= 15 is 0 Å². The van der Waals surface area contributed by atoms with E-state index in [1.165, 1.54) is 10.9 Å². The van der Waals surface area contributed by atoms with Gasteiger partial charge in [-0.3, -0.25) is 4.40 Å². The summed E-state index contributed by atoms with van der Waals surface area (Å²) in [6.07, 6.45) is 6.65. The lowest BCUT2D eigenvalue weighted by Gasteiger charge is -2.10. The number of hydrogen-bond acceptors (Lipinski definition) is 3. The maximum atomic E-state index is 6.21. The number of fused-ring (bicyclic) bond motifs is 2. The van der Waals surface area contributed by atoms with Crippen LogP contribution in [0.5, 0.6) is 0 Å². The molecule has 6 heteroatoms. The first-order valence-electron chi connectivity index (χ1n) is 8.46. The Balaban J connectivity index is 1.57. The van der Waals surface area contributed by atoms with Gasteiger partial charge in [-0.25, -0.2) is 9.97 Å². The second-order valence-corrected chi connectivity index (χ2v) is 6.86. The van der Waals surface area contributed by atoms with Gasteiger partial charge in [0.05, 0.1) is 6.20 Å². The Labute approximate surface area is 151 Å². The SMILES string of the molecule is CC(C)c1ncc2c(NCCc3c[nH]c4ccccc34)nc(Cl)cn12. The molecule has 0 unspecified atom stereocenters. The second kappa shape index (κ2) is 6.41. The summed E-state index contributed by atoms with van der Waals surface area (Å²) >= 11 is 6.21. The van der Waals surface area contributed by atoms with Crippen LogP contribution in [0.3, 0.4) is 0 Å². The van der Waals surface area contributed by atoms with Crippen molar-refractivity contribution >= 4 is 33.8 Å². The quantitative estimate of drug-likeness (QED) is 0.549.